The number of amides is 1. The topological polar surface area (TPSA) is 42.0 Å². The minimum Gasteiger partial charge on any atom is -0.355 e. The number of nitrogens with zero attached hydrogens (tertiary/aromatic N) is 1. The molecule has 0 aliphatic carbocycles. The van der Waals surface area contributed by atoms with Crippen LogP contribution in [0, 0.1) is 0 Å². The summed E-state index contributed by atoms with van der Waals surface area (Å²) in [6.07, 6.45) is 2.57. The first kappa shape index (κ1) is 16.8. The molecule has 3 nitrogen and oxygen atoms in total. The van der Waals surface area contributed by atoms with Gasteiger partial charge in [0, 0.05) is 28.0 Å². The van der Waals surface area contributed by atoms with Crippen molar-refractivity contribution < 1.29 is 4.79 Å². The average molecular weight is 357 g/mol. The lowest BCUT2D eigenvalue weighted by Gasteiger charge is -2.07. The van der Waals surface area contributed by atoms with Crippen molar-refractivity contribution in [3.8, 4) is 0 Å². The third kappa shape index (κ3) is 4.49. The van der Waals surface area contributed by atoms with Crippen LogP contribution in [0.15, 0.2) is 65.7 Å². The molecule has 3 aromatic rings. The molecular formula is C19H17ClN2OS. The van der Waals surface area contributed by atoms with E-state index in [4.69, 9.17) is 11.6 Å². The van der Waals surface area contributed by atoms with Crippen LogP contribution in [-0.2, 0) is 11.2 Å². The maximum Gasteiger partial charge on any atom is 0.230 e. The van der Waals surface area contributed by atoms with Gasteiger partial charge in [-0.15, -0.1) is 11.8 Å². The van der Waals surface area contributed by atoms with Crippen LogP contribution in [-0.4, -0.2) is 23.2 Å². The van der Waals surface area contributed by atoms with Crippen molar-refractivity contribution in [3.63, 3.8) is 0 Å². The number of benzene rings is 2. The molecular weight excluding hydrogens is 340 g/mol. The second-order valence-corrected chi connectivity index (χ2v) is 6.80. The second-order valence-electron chi connectivity index (χ2n) is 5.35. The molecule has 0 fully saturated rings. The first-order valence-electron chi connectivity index (χ1n) is 7.70. The summed E-state index contributed by atoms with van der Waals surface area (Å²) in [6.45, 7) is 0.620. The molecule has 5 heteroatoms. The summed E-state index contributed by atoms with van der Waals surface area (Å²) in [4.78, 5) is 17.5. The molecule has 1 aromatic heterocycles. The molecule has 0 aliphatic rings. The molecule has 0 radical (unpaired) electrons. The molecule has 0 saturated carbocycles. The minimum absolute atomic E-state index is 0.0295. The van der Waals surface area contributed by atoms with E-state index in [1.54, 1.807) is 6.20 Å². The molecule has 0 unspecified atom stereocenters. The number of pyridine rings is 1. The monoisotopic (exact) mass is 356 g/mol. The van der Waals surface area contributed by atoms with Gasteiger partial charge in [0.15, 0.2) is 0 Å². The number of carbonyl (C=O) groups is 1. The number of halogens is 1. The molecule has 0 spiro atoms. The number of hydrogen-bond donors (Lipinski definition) is 1. The van der Waals surface area contributed by atoms with Crippen molar-refractivity contribution in [2.45, 2.75) is 11.3 Å². The Morgan fingerprint density at radius 1 is 1.08 bits per heavy atom. The summed E-state index contributed by atoms with van der Waals surface area (Å²) < 4.78 is 0. The number of nitrogens with one attached hydrogen (secondary N) is 1. The standard InChI is InChI=1S/C19H17ClN2OS/c20-16-8-6-14(7-9-16)10-12-21-18(23)13-24-17-5-1-3-15-4-2-11-22-19(15)17/h1-9,11H,10,12-13H2,(H,21,23). The maximum atomic E-state index is 12.0. The normalized spacial score (nSPS) is 10.7. The molecule has 0 bridgehead atoms. The lowest BCUT2D eigenvalue weighted by molar-refractivity contribution is -0.118. The van der Waals surface area contributed by atoms with E-state index in [-0.39, 0.29) is 5.91 Å². The van der Waals surface area contributed by atoms with E-state index >= 15 is 0 Å². The number of hydrogen-bond acceptors (Lipinski definition) is 3. The lowest BCUT2D eigenvalue weighted by Crippen LogP contribution is -2.27. The Kier molecular flexibility index (Phi) is 5.72. The minimum atomic E-state index is 0.0295. The van der Waals surface area contributed by atoms with Crippen molar-refractivity contribution in [3.05, 3.63) is 71.4 Å². The Balaban J connectivity index is 1.49. The van der Waals surface area contributed by atoms with E-state index in [1.807, 2.05) is 54.6 Å². The van der Waals surface area contributed by atoms with Gasteiger partial charge in [-0.3, -0.25) is 9.78 Å². The molecule has 122 valence electrons. The summed E-state index contributed by atoms with van der Waals surface area (Å²) in [5.74, 6) is 0.415. The summed E-state index contributed by atoms with van der Waals surface area (Å²) in [5.41, 5.74) is 2.10. The molecule has 24 heavy (non-hydrogen) atoms. The molecule has 0 aliphatic heterocycles. The number of aromatic nitrogens is 1. The van der Waals surface area contributed by atoms with E-state index in [1.165, 1.54) is 11.8 Å². The smallest absolute Gasteiger partial charge is 0.230 e. The second kappa shape index (κ2) is 8.18. The fourth-order valence-electron chi connectivity index (χ4n) is 2.38. The Hall–Kier alpha value is -2.04. The Morgan fingerprint density at radius 3 is 2.71 bits per heavy atom. The molecule has 3 rings (SSSR count). The molecule has 0 atom stereocenters. The van der Waals surface area contributed by atoms with Gasteiger partial charge in [0.1, 0.15) is 0 Å². The zero-order valence-corrected chi connectivity index (χ0v) is 14.6. The van der Waals surface area contributed by atoms with Crippen molar-refractivity contribution in [2.75, 3.05) is 12.3 Å². The summed E-state index contributed by atoms with van der Waals surface area (Å²) in [7, 11) is 0. The third-order valence-electron chi connectivity index (χ3n) is 3.60. The van der Waals surface area contributed by atoms with Gasteiger partial charge in [0.2, 0.25) is 5.91 Å². The highest BCUT2D eigenvalue weighted by Gasteiger charge is 2.06. The number of fused-ring (bicyclic) bond motifs is 1. The Labute approximate surface area is 150 Å². The van der Waals surface area contributed by atoms with E-state index in [9.17, 15) is 4.79 Å². The summed E-state index contributed by atoms with van der Waals surface area (Å²) in [5, 5.41) is 4.76. The van der Waals surface area contributed by atoms with Crippen LogP contribution in [0.2, 0.25) is 5.02 Å². The van der Waals surface area contributed by atoms with Crippen LogP contribution >= 0.6 is 23.4 Å². The maximum absolute atomic E-state index is 12.0. The van der Waals surface area contributed by atoms with Crippen LogP contribution in [0.1, 0.15) is 5.56 Å². The van der Waals surface area contributed by atoms with Crippen LogP contribution < -0.4 is 5.32 Å². The fourth-order valence-corrected chi connectivity index (χ4v) is 3.38. The SMILES string of the molecule is O=C(CSc1cccc2cccnc12)NCCc1ccc(Cl)cc1. The van der Waals surface area contributed by atoms with Gasteiger partial charge in [0.05, 0.1) is 11.3 Å². The number of para-hydroxylation sites is 1. The van der Waals surface area contributed by atoms with Gasteiger partial charge < -0.3 is 5.32 Å². The average Bonchev–Trinajstić information content (AvgIpc) is 2.61. The quantitative estimate of drug-likeness (QED) is 0.668. The van der Waals surface area contributed by atoms with Crippen molar-refractivity contribution in [1.29, 1.82) is 0 Å². The summed E-state index contributed by atoms with van der Waals surface area (Å²) in [6, 6.07) is 17.6. The number of carbonyl (C=O) groups excluding carboxylic acids is 1. The van der Waals surface area contributed by atoms with Crippen LogP contribution in [0.3, 0.4) is 0 Å². The lowest BCUT2D eigenvalue weighted by atomic mass is 10.1. The Bertz CT molecular complexity index is 831. The molecule has 1 amide bonds. The van der Waals surface area contributed by atoms with E-state index < -0.39 is 0 Å². The zero-order chi connectivity index (χ0) is 16.8. The predicted molar refractivity (Wildman–Crippen MR) is 101 cm³/mol. The largest absolute Gasteiger partial charge is 0.355 e. The molecule has 1 N–H and O–H groups in total. The van der Waals surface area contributed by atoms with E-state index in [2.05, 4.69) is 10.3 Å². The fraction of sp³-hybridized carbons (Fsp3) is 0.158. The van der Waals surface area contributed by atoms with Gasteiger partial charge in [-0.1, -0.05) is 41.9 Å². The Morgan fingerprint density at radius 2 is 1.88 bits per heavy atom. The molecule has 2 aromatic carbocycles. The van der Waals surface area contributed by atoms with Gasteiger partial charge in [-0.05, 0) is 36.2 Å². The van der Waals surface area contributed by atoms with Gasteiger partial charge in [-0.25, -0.2) is 0 Å². The summed E-state index contributed by atoms with van der Waals surface area (Å²) >= 11 is 7.37. The predicted octanol–water partition coefficient (Wildman–Crippen LogP) is 4.34. The first-order valence-corrected chi connectivity index (χ1v) is 9.06. The van der Waals surface area contributed by atoms with E-state index in [0.717, 1.165) is 32.8 Å². The highest BCUT2D eigenvalue weighted by Crippen LogP contribution is 2.25. The highest BCUT2D eigenvalue weighted by molar-refractivity contribution is 8.00. The number of rotatable bonds is 6. The van der Waals surface area contributed by atoms with Crippen LogP contribution in [0.4, 0.5) is 0 Å². The third-order valence-corrected chi connectivity index (χ3v) is 4.90. The van der Waals surface area contributed by atoms with Crippen molar-refractivity contribution in [1.82, 2.24) is 10.3 Å². The number of thioether (sulfide) groups is 1. The van der Waals surface area contributed by atoms with Crippen molar-refractivity contribution in [2.24, 2.45) is 0 Å². The molecule has 1 heterocycles. The first-order chi connectivity index (χ1) is 11.7. The van der Waals surface area contributed by atoms with Crippen molar-refractivity contribution >= 4 is 40.2 Å². The van der Waals surface area contributed by atoms with Crippen LogP contribution in [0.5, 0.6) is 0 Å². The molecule has 0 saturated heterocycles. The van der Waals surface area contributed by atoms with E-state index in [0.29, 0.717) is 12.3 Å². The van der Waals surface area contributed by atoms with Crippen LogP contribution in [0.25, 0.3) is 10.9 Å². The van der Waals surface area contributed by atoms with Gasteiger partial charge in [-0.2, -0.15) is 0 Å². The zero-order valence-electron chi connectivity index (χ0n) is 13.0. The van der Waals surface area contributed by atoms with Gasteiger partial charge in [0.25, 0.3) is 0 Å². The highest BCUT2D eigenvalue weighted by atomic mass is 35.5. The van der Waals surface area contributed by atoms with Gasteiger partial charge >= 0.3 is 0 Å².